The molecule has 0 fully saturated rings. The molecule has 1 radical (unpaired) electrons. The van der Waals surface area contributed by atoms with Gasteiger partial charge in [0.05, 0.1) is 0 Å². The van der Waals surface area contributed by atoms with Gasteiger partial charge in [-0.05, 0) is 0 Å². The molecule has 3 nitrogen and oxygen atoms in total. The molecule has 1 aromatic heterocycles. The predicted molar refractivity (Wildman–Crippen MR) is 62.5 cm³/mol. The van der Waals surface area contributed by atoms with E-state index in [2.05, 4.69) is 5.32 Å². The van der Waals surface area contributed by atoms with Crippen LogP contribution in [0.1, 0.15) is 0 Å². The molecule has 0 saturated heterocycles. The Hall–Kier alpha value is -1.51. The average molecular weight is 264 g/mol. The van der Waals surface area contributed by atoms with Crippen molar-refractivity contribution in [1.29, 1.82) is 0 Å². The fraction of sp³-hybridized carbons (Fsp3) is 0. The summed E-state index contributed by atoms with van der Waals surface area (Å²) >= 11 is 0.0723. The number of carbonyl (C=O) groups excluding carboxylic acids is 1. The number of hydrogen-bond donors (Lipinski definition) is 2. The maximum absolute atomic E-state index is 10.2. The van der Waals surface area contributed by atoms with Crippen LogP contribution in [-0.4, -0.2) is 20.9 Å². The maximum atomic E-state index is 10.2. The van der Waals surface area contributed by atoms with Gasteiger partial charge in [-0.25, -0.2) is 0 Å². The van der Waals surface area contributed by atoms with Gasteiger partial charge in [0.25, 0.3) is 0 Å². The van der Waals surface area contributed by atoms with E-state index in [0.717, 1.165) is 10.1 Å². The number of hydrogen-bond acceptors (Lipinski definition) is 2. The molecule has 4 heteroatoms. The molecule has 0 aliphatic rings. The Morgan fingerprint density at radius 2 is 2.00 bits per heavy atom. The van der Waals surface area contributed by atoms with Crippen LogP contribution in [0, 0.1) is 0 Å². The van der Waals surface area contributed by atoms with Gasteiger partial charge in [0, 0.05) is 0 Å². The second kappa shape index (κ2) is 4.34. The first-order valence-electron chi connectivity index (χ1n) is 4.39. The standard InChI is InChI=1S/C11H9N2OSe/c12-9-6-10(15-11(9)13-7-14)8-4-2-1-3-5-8/h1-6H,12H2,(H,13,14). The van der Waals surface area contributed by atoms with Gasteiger partial charge in [0.1, 0.15) is 0 Å². The SMILES string of the molecule is Nc1cc(-c2ccccc2)[se]c1N[C]=O. The molecular weight excluding hydrogens is 255 g/mol. The van der Waals surface area contributed by atoms with E-state index in [4.69, 9.17) is 5.73 Å². The Kier molecular flexibility index (Phi) is 2.90. The zero-order valence-electron chi connectivity index (χ0n) is 7.86. The molecule has 0 atom stereocenters. The third-order valence-electron chi connectivity index (χ3n) is 1.98. The normalized spacial score (nSPS) is 9.87. The Morgan fingerprint density at radius 1 is 1.27 bits per heavy atom. The quantitative estimate of drug-likeness (QED) is 0.651. The zero-order chi connectivity index (χ0) is 10.7. The summed E-state index contributed by atoms with van der Waals surface area (Å²) in [4.78, 5) is 10.2. The van der Waals surface area contributed by atoms with Crippen molar-refractivity contribution >= 4 is 31.2 Å². The molecule has 1 amide bonds. The number of nitrogens with two attached hydrogens (primary N) is 1. The van der Waals surface area contributed by atoms with Gasteiger partial charge < -0.3 is 0 Å². The van der Waals surface area contributed by atoms with E-state index in [1.807, 2.05) is 36.4 Å². The third kappa shape index (κ3) is 2.12. The summed E-state index contributed by atoms with van der Waals surface area (Å²) < 4.78 is 1.97. The summed E-state index contributed by atoms with van der Waals surface area (Å²) in [5.74, 6) is 0. The van der Waals surface area contributed by atoms with Crippen LogP contribution in [0.5, 0.6) is 0 Å². The molecule has 2 aromatic rings. The van der Waals surface area contributed by atoms with Gasteiger partial charge in [-0.3, -0.25) is 0 Å². The first-order chi connectivity index (χ1) is 7.31. The number of benzene rings is 1. The summed E-state index contributed by atoms with van der Waals surface area (Å²) in [5, 5.41) is 2.52. The minimum atomic E-state index is 0.0723. The number of nitrogens with one attached hydrogen (secondary N) is 1. The van der Waals surface area contributed by atoms with Gasteiger partial charge in [0.2, 0.25) is 0 Å². The summed E-state index contributed by atoms with van der Waals surface area (Å²) in [6, 6.07) is 11.9. The molecule has 0 unspecified atom stereocenters. The van der Waals surface area contributed by atoms with E-state index in [1.54, 1.807) is 6.41 Å². The Balaban J connectivity index is 2.38. The van der Waals surface area contributed by atoms with Crippen LogP contribution < -0.4 is 11.1 Å². The summed E-state index contributed by atoms with van der Waals surface area (Å²) in [5.41, 5.74) is 7.56. The molecule has 2 rings (SSSR count). The van der Waals surface area contributed by atoms with Crippen LogP contribution in [0.2, 0.25) is 0 Å². The van der Waals surface area contributed by atoms with Crippen LogP contribution in [0.15, 0.2) is 36.4 Å². The van der Waals surface area contributed by atoms with Crippen molar-refractivity contribution in [3.63, 3.8) is 0 Å². The molecule has 75 valence electrons. The minimum absolute atomic E-state index is 0.0723. The van der Waals surface area contributed by atoms with Crippen molar-refractivity contribution in [3.05, 3.63) is 36.4 Å². The molecule has 0 aliphatic carbocycles. The first kappa shape index (κ1) is 10.0. The average Bonchev–Trinajstić information content (AvgIpc) is 2.63. The summed E-state index contributed by atoms with van der Waals surface area (Å²) in [6.45, 7) is 0. The van der Waals surface area contributed by atoms with Crippen molar-refractivity contribution in [2.45, 2.75) is 0 Å². The van der Waals surface area contributed by atoms with Crippen LogP contribution in [0.3, 0.4) is 0 Å². The predicted octanol–water partition coefficient (Wildman–Crippen LogP) is 1.47. The number of amides is 1. The molecule has 0 spiro atoms. The molecule has 1 heterocycles. The van der Waals surface area contributed by atoms with Crippen LogP contribution >= 0.6 is 0 Å². The van der Waals surface area contributed by atoms with Gasteiger partial charge in [-0.15, -0.1) is 0 Å². The number of anilines is 2. The fourth-order valence-corrected chi connectivity index (χ4v) is 3.24. The van der Waals surface area contributed by atoms with Gasteiger partial charge in [-0.1, -0.05) is 0 Å². The van der Waals surface area contributed by atoms with Crippen LogP contribution in [0.25, 0.3) is 10.0 Å². The summed E-state index contributed by atoms with van der Waals surface area (Å²) in [6.07, 6.45) is 1.66. The molecule has 15 heavy (non-hydrogen) atoms. The van der Waals surface area contributed by atoms with Crippen LogP contribution in [-0.2, 0) is 4.79 Å². The van der Waals surface area contributed by atoms with Gasteiger partial charge >= 0.3 is 93.4 Å². The Labute approximate surface area is 93.7 Å². The fourth-order valence-electron chi connectivity index (χ4n) is 1.29. The van der Waals surface area contributed by atoms with Crippen molar-refractivity contribution in [1.82, 2.24) is 0 Å². The molecule has 3 N–H and O–H groups in total. The third-order valence-corrected chi connectivity index (χ3v) is 4.32. The molecule has 0 saturated carbocycles. The van der Waals surface area contributed by atoms with Crippen molar-refractivity contribution in [2.24, 2.45) is 0 Å². The zero-order valence-corrected chi connectivity index (χ0v) is 9.57. The molecular formula is C11H9N2OSe. The summed E-state index contributed by atoms with van der Waals surface area (Å²) in [7, 11) is 0. The van der Waals surface area contributed by atoms with E-state index in [-0.39, 0.29) is 14.5 Å². The van der Waals surface area contributed by atoms with E-state index in [1.165, 1.54) is 4.44 Å². The van der Waals surface area contributed by atoms with Crippen molar-refractivity contribution < 1.29 is 4.79 Å². The molecule has 0 aliphatic heterocycles. The second-order valence-corrected chi connectivity index (χ2v) is 5.20. The molecule has 1 aromatic carbocycles. The van der Waals surface area contributed by atoms with Crippen molar-refractivity contribution in [2.75, 3.05) is 11.1 Å². The number of rotatable bonds is 3. The second-order valence-electron chi connectivity index (χ2n) is 2.99. The van der Waals surface area contributed by atoms with Crippen LogP contribution in [0.4, 0.5) is 10.2 Å². The first-order valence-corrected chi connectivity index (χ1v) is 6.10. The van der Waals surface area contributed by atoms with Gasteiger partial charge in [0.15, 0.2) is 0 Å². The van der Waals surface area contributed by atoms with E-state index >= 15 is 0 Å². The van der Waals surface area contributed by atoms with E-state index in [0.29, 0.717) is 5.69 Å². The monoisotopic (exact) mass is 265 g/mol. The van der Waals surface area contributed by atoms with Crippen molar-refractivity contribution in [3.8, 4) is 10.0 Å². The van der Waals surface area contributed by atoms with E-state index in [9.17, 15) is 4.79 Å². The topological polar surface area (TPSA) is 55.1 Å². The van der Waals surface area contributed by atoms with E-state index < -0.39 is 0 Å². The van der Waals surface area contributed by atoms with Gasteiger partial charge in [-0.2, -0.15) is 0 Å². The molecule has 0 bridgehead atoms. The Morgan fingerprint density at radius 3 is 2.67 bits per heavy atom. The Bertz CT molecular complexity index is 465. The number of nitrogen functional groups attached to an aromatic ring is 1.